The summed E-state index contributed by atoms with van der Waals surface area (Å²) in [7, 11) is 0. The number of amides is 1. The number of hydrogen-bond donors (Lipinski definition) is 0. The first-order valence-corrected chi connectivity index (χ1v) is 8.39. The van der Waals surface area contributed by atoms with Gasteiger partial charge in [-0.3, -0.25) is 4.79 Å². The van der Waals surface area contributed by atoms with Crippen molar-refractivity contribution in [2.24, 2.45) is 11.8 Å². The molecule has 1 aliphatic heterocycles. The average Bonchev–Trinajstić information content (AvgIpc) is 2.62. The van der Waals surface area contributed by atoms with Crippen LogP contribution in [0.2, 0.25) is 5.02 Å². The molecule has 21 heavy (non-hydrogen) atoms. The molecule has 3 heteroatoms. The second kappa shape index (κ2) is 5.31. The van der Waals surface area contributed by atoms with Crippen LogP contribution in [0.25, 0.3) is 0 Å². The number of nitrogens with zero attached hydrogens (tertiary/aromatic N) is 1. The highest BCUT2D eigenvalue weighted by Crippen LogP contribution is 2.41. The number of benzene rings is 1. The zero-order valence-corrected chi connectivity index (χ0v) is 13.9. The van der Waals surface area contributed by atoms with Crippen molar-refractivity contribution < 1.29 is 4.79 Å². The predicted molar refractivity (Wildman–Crippen MR) is 86.6 cm³/mol. The van der Waals surface area contributed by atoms with Crippen molar-refractivity contribution in [2.45, 2.75) is 52.0 Å². The van der Waals surface area contributed by atoms with Crippen LogP contribution in [0.4, 0.5) is 0 Å². The summed E-state index contributed by atoms with van der Waals surface area (Å²) in [6, 6.07) is 5.73. The summed E-state index contributed by atoms with van der Waals surface area (Å²) < 4.78 is 0. The van der Waals surface area contributed by atoms with Gasteiger partial charge in [-0.25, -0.2) is 0 Å². The van der Waals surface area contributed by atoms with E-state index < -0.39 is 0 Å². The smallest absolute Gasteiger partial charge is 0.254 e. The molecule has 0 unspecified atom stereocenters. The standard InChI is InChI=1S/C18H24ClNO/c1-12-4-6-13(7-5-12)11-20-17(21)15-10-14(19)8-9-16(15)18(20,2)3/h8-10,12-13H,4-7,11H2,1-3H3. The number of rotatable bonds is 2. The third-order valence-corrected chi connectivity index (χ3v) is 5.60. The molecule has 1 aromatic carbocycles. The lowest BCUT2D eigenvalue weighted by molar-refractivity contribution is 0.0535. The highest BCUT2D eigenvalue weighted by Gasteiger charge is 2.43. The van der Waals surface area contributed by atoms with Gasteiger partial charge in [0, 0.05) is 17.1 Å². The maximum Gasteiger partial charge on any atom is 0.254 e. The molecule has 1 fully saturated rings. The lowest BCUT2D eigenvalue weighted by Crippen LogP contribution is -2.42. The Morgan fingerprint density at radius 1 is 1.24 bits per heavy atom. The molecule has 1 amide bonds. The fraction of sp³-hybridized carbons (Fsp3) is 0.611. The molecule has 2 nitrogen and oxygen atoms in total. The highest BCUT2D eigenvalue weighted by atomic mass is 35.5. The Morgan fingerprint density at radius 3 is 2.57 bits per heavy atom. The predicted octanol–water partition coefficient (Wildman–Crippen LogP) is 4.86. The van der Waals surface area contributed by atoms with E-state index in [-0.39, 0.29) is 11.4 Å². The maximum atomic E-state index is 12.8. The van der Waals surface area contributed by atoms with Crippen molar-refractivity contribution in [3.8, 4) is 0 Å². The van der Waals surface area contributed by atoms with Crippen molar-refractivity contribution in [3.63, 3.8) is 0 Å². The summed E-state index contributed by atoms with van der Waals surface area (Å²) in [5.41, 5.74) is 1.68. The van der Waals surface area contributed by atoms with Gasteiger partial charge in [0.15, 0.2) is 0 Å². The van der Waals surface area contributed by atoms with Gasteiger partial charge in [0.05, 0.1) is 5.54 Å². The van der Waals surface area contributed by atoms with Crippen molar-refractivity contribution in [2.75, 3.05) is 6.54 Å². The fourth-order valence-corrected chi connectivity index (χ4v) is 4.02. The summed E-state index contributed by atoms with van der Waals surface area (Å²) in [6.45, 7) is 7.51. The molecule has 0 spiro atoms. The molecule has 1 aliphatic carbocycles. The number of halogens is 1. The summed E-state index contributed by atoms with van der Waals surface area (Å²) in [5, 5.41) is 0.645. The van der Waals surface area contributed by atoms with Gasteiger partial charge >= 0.3 is 0 Å². The van der Waals surface area contributed by atoms with Gasteiger partial charge in [0.2, 0.25) is 0 Å². The van der Waals surface area contributed by atoms with Crippen LogP contribution >= 0.6 is 11.6 Å². The van der Waals surface area contributed by atoms with Gasteiger partial charge in [-0.15, -0.1) is 0 Å². The van der Waals surface area contributed by atoms with Crippen LogP contribution in [0, 0.1) is 11.8 Å². The van der Waals surface area contributed by atoms with E-state index in [2.05, 4.69) is 25.7 Å². The maximum absolute atomic E-state index is 12.8. The molecule has 0 saturated heterocycles. The lowest BCUT2D eigenvalue weighted by atomic mass is 9.82. The van der Waals surface area contributed by atoms with Crippen LogP contribution < -0.4 is 0 Å². The molecule has 0 radical (unpaired) electrons. The molecule has 2 aliphatic rings. The van der Waals surface area contributed by atoms with Gasteiger partial charge in [-0.05, 0) is 56.2 Å². The second-order valence-electron chi connectivity index (χ2n) is 7.29. The minimum atomic E-state index is -0.222. The number of hydrogen-bond acceptors (Lipinski definition) is 1. The molecule has 0 N–H and O–H groups in total. The van der Waals surface area contributed by atoms with Crippen molar-refractivity contribution in [1.82, 2.24) is 4.90 Å². The Bertz CT molecular complexity index is 558. The molecule has 3 rings (SSSR count). The zero-order valence-electron chi connectivity index (χ0n) is 13.2. The summed E-state index contributed by atoms with van der Waals surface area (Å²) >= 11 is 6.07. The zero-order chi connectivity index (χ0) is 15.2. The largest absolute Gasteiger partial charge is 0.329 e. The van der Waals surface area contributed by atoms with Gasteiger partial charge in [-0.1, -0.05) is 37.4 Å². The van der Waals surface area contributed by atoms with Gasteiger partial charge in [0.25, 0.3) is 5.91 Å². The number of fused-ring (bicyclic) bond motifs is 1. The van der Waals surface area contributed by atoms with Gasteiger partial charge < -0.3 is 4.90 Å². The first-order valence-electron chi connectivity index (χ1n) is 8.01. The van der Waals surface area contributed by atoms with Crippen LogP contribution in [-0.4, -0.2) is 17.4 Å². The van der Waals surface area contributed by atoms with E-state index in [1.807, 2.05) is 18.2 Å². The SMILES string of the molecule is CC1CCC(CN2C(=O)c3cc(Cl)ccc3C2(C)C)CC1. The topological polar surface area (TPSA) is 20.3 Å². The van der Waals surface area contributed by atoms with E-state index in [0.29, 0.717) is 10.9 Å². The molecule has 1 aromatic rings. The first kappa shape index (κ1) is 14.9. The number of carbonyl (C=O) groups is 1. The molecular weight excluding hydrogens is 282 g/mol. The Hall–Kier alpha value is -1.02. The Labute approximate surface area is 132 Å². The van der Waals surface area contributed by atoms with Gasteiger partial charge in [0.1, 0.15) is 0 Å². The third kappa shape index (κ3) is 2.59. The molecule has 0 bridgehead atoms. The Kier molecular flexibility index (Phi) is 3.77. The van der Waals surface area contributed by atoms with Crippen molar-refractivity contribution >= 4 is 17.5 Å². The minimum Gasteiger partial charge on any atom is -0.329 e. The molecule has 114 valence electrons. The molecule has 1 saturated carbocycles. The van der Waals surface area contributed by atoms with E-state index in [0.717, 1.165) is 23.6 Å². The summed E-state index contributed by atoms with van der Waals surface area (Å²) in [5.74, 6) is 1.64. The third-order valence-electron chi connectivity index (χ3n) is 5.37. The van der Waals surface area contributed by atoms with E-state index in [1.165, 1.54) is 25.7 Å². The van der Waals surface area contributed by atoms with Crippen LogP contribution in [0.3, 0.4) is 0 Å². The minimum absolute atomic E-state index is 0.149. The van der Waals surface area contributed by atoms with Crippen molar-refractivity contribution in [3.05, 3.63) is 34.3 Å². The average molecular weight is 306 g/mol. The van der Waals surface area contributed by atoms with Crippen LogP contribution in [-0.2, 0) is 5.54 Å². The Balaban J connectivity index is 1.82. The van der Waals surface area contributed by atoms with Crippen LogP contribution in [0.5, 0.6) is 0 Å². The second-order valence-corrected chi connectivity index (χ2v) is 7.73. The summed E-state index contributed by atoms with van der Waals surface area (Å²) in [4.78, 5) is 14.8. The monoisotopic (exact) mass is 305 g/mol. The molecular formula is C18H24ClNO. The summed E-state index contributed by atoms with van der Waals surface area (Å²) in [6.07, 6.45) is 5.09. The van der Waals surface area contributed by atoms with E-state index in [4.69, 9.17) is 11.6 Å². The lowest BCUT2D eigenvalue weighted by Gasteiger charge is -2.37. The van der Waals surface area contributed by atoms with E-state index >= 15 is 0 Å². The fourth-order valence-electron chi connectivity index (χ4n) is 3.85. The van der Waals surface area contributed by atoms with Crippen molar-refractivity contribution in [1.29, 1.82) is 0 Å². The molecule has 0 aromatic heterocycles. The number of carbonyl (C=O) groups excluding carboxylic acids is 1. The molecule has 0 atom stereocenters. The quantitative estimate of drug-likeness (QED) is 0.764. The van der Waals surface area contributed by atoms with Crippen LogP contribution in [0.15, 0.2) is 18.2 Å². The Morgan fingerprint density at radius 2 is 1.90 bits per heavy atom. The van der Waals surface area contributed by atoms with E-state index in [9.17, 15) is 4.79 Å². The first-order chi connectivity index (χ1) is 9.89. The molecule has 1 heterocycles. The normalized spacial score (nSPS) is 27.8. The van der Waals surface area contributed by atoms with E-state index in [1.54, 1.807) is 0 Å². The highest BCUT2D eigenvalue weighted by molar-refractivity contribution is 6.31. The van der Waals surface area contributed by atoms with Gasteiger partial charge in [-0.2, -0.15) is 0 Å². The van der Waals surface area contributed by atoms with Crippen LogP contribution in [0.1, 0.15) is 62.4 Å².